The summed E-state index contributed by atoms with van der Waals surface area (Å²) in [7, 11) is 0. The molecule has 1 aliphatic heterocycles. The van der Waals surface area contributed by atoms with Gasteiger partial charge in [-0.1, -0.05) is 6.07 Å². The van der Waals surface area contributed by atoms with Gasteiger partial charge in [-0.3, -0.25) is 0 Å². The summed E-state index contributed by atoms with van der Waals surface area (Å²) < 4.78 is 13.5. The summed E-state index contributed by atoms with van der Waals surface area (Å²) in [5.74, 6) is -1.65. The van der Waals surface area contributed by atoms with Gasteiger partial charge in [-0.25, -0.2) is 4.39 Å². The van der Waals surface area contributed by atoms with Gasteiger partial charge in [0.1, 0.15) is 0 Å². The highest BCUT2D eigenvalue weighted by Gasteiger charge is 2.22. The van der Waals surface area contributed by atoms with E-state index in [1.807, 2.05) is 0 Å². The van der Waals surface area contributed by atoms with Crippen molar-refractivity contribution in [3.8, 4) is 11.5 Å². The van der Waals surface area contributed by atoms with Crippen LogP contribution in [0.25, 0.3) is 0 Å². The normalized spacial score (nSPS) is 21.4. The minimum absolute atomic E-state index is 0.0986. The predicted octanol–water partition coefficient (Wildman–Crippen LogP) is 1.31. The topological polar surface area (TPSA) is 52.5 Å². The maximum Gasteiger partial charge on any atom is 0.194 e. The molecule has 1 aromatic carbocycles. The molecule has 2 rings (SSSR count). The van der Waals surface area contributed by atoms with E-state index in [0.29, 0.717) is 5.56 Å². The van der Waals surface area contributed by atoms with E-state index in [1.165, 1.54) is 12.1 Å². The number of phenols is 2. The monoisotopic (exact) mass is 197 g/mol. The fraction of sp³-hybridized carbons (Fsp3) is 0.400. The van der Waals surface area contributed by atoms with Crippen molar-refractivity contribution in [1.82, 2.24) is 5.32 Å². The summed E-state index contributed by atoms with van der Waals surface area (Å²) in [5.41, 5.74) is 0.477. The highest BCUT2D eigenvalue weighted by atomic mass is 19.1. The van der Waals surface area contributed by atoms with Crippen LogP contribution in [0.2, 0.25) is 0 Å². The van der Waals surface area contributed by atoms with Crippen LogP contribution in [0.5, 0.6) is 11.5 Å². The van der Waals surface area contributed by atoms with Crippen LogP contribution in [0.3, 0.4) is 0 Å². The number of halogens is 1. The van der Waals surface area contributed by atoms with Crippen molar-refractivity contribution < 1.29 is 14.6 Å². The first kappa shape index (κ1) is 9.27. The number of benzene rings is 1. The van der Waals surface area contributed by atoms with E-state index >= 15 is 0 Å². The summed E-state index contributed by atoms with van der Waals surface area (Å²) in [6.45, 7) is 1.59. The number of phenolic OH excluding ortho intramolecular Hbond substituents is 2. The van der Waals surface area contributed by atoms with E-state index in [9.17, 15) is 9.50 Å². The first-order valence-corrected chi connectivity index (χ1v) is 4.61. The second kappa shape index (κ2) is 3.46. The highest BCUT2D eigenvalue weighted by molar-refractivity contribution is 5.43. The van der Waals surface area contributed by atoms with Crippen LogP contribution in [0.15, 0.2) is 12.1 Å². The summed E-state index contributed by atoms with van der Waals surface area (Å²) in [6, 6.07) is 2.86. The van der Waals surface area contributed by atoms with Gasteiger partial charge in [0.05, 0.1) is 0 Å². The zero-order valence-electron chi connectivity index (χ0n) is 7.63. The third-order valence-corrected chi connectivity index (χ3v) is 2.62. The van der Waals surface area contributed by atoms with Gasteiger partial charge in [-0.05, 0) is 24.6 Å². The molecule has 1 unspecified atom stereocenters. The molecule has 0 spiro atoms. The number of hydrogen-bond donors (Lipinski definition) is 3. The Morgan fingerprint density at radius 1 is 1.36 bits per heavy atom. The fourth-order valence-corrected chi connectivity index (χ4v) is 1.81. The molecular formula is C10H12FNO2. The molecule has 1 aromatic rings. The lowest BCUT2D eigenvalue weighted by Gasteiger charge is -2.11. The number of rotatable bonds is 1. The van der Waals surface area contributed by atoms with E-state index in [1.54, 1.807) is 0 Å². The molecule has 1 heterocycles. The second-order valence-corrected chi connectivity index (χ2v) is 3.53. The second-order valence-electron chi connectivity index (χ2n) is 3.53. The minimum atomic E-state index is -0.696. The van der Waals surface area contributed by atoms with Crippen LogP contribution in [-0.4, -0.2) is 23.3 Å². The molecule has 1 aliphatic rings. The van der Waals surface area contributed by atoms with Crippen molar-refractivity contribution >= 4 is 0 Å². The first-order chi connectivity index (χ1) is 6.70. The van der Waals surface area contributed by atoms with Crippen molar-refractivity contribution in [1.29, 1.82) is 0 Å². The van der Waals surface area contributed by atoms with E-state index in [4.69, 9.17) is 5.11 Å². The van der Waals surface area contributed by atoms with Crippen molar-refractivity contribution in [3.63, 3.8) is 0 Å². The standard InChI is InChI=1S/C10H12FNO2/c11-9-7(6-3-4-12-5-6)1-2-8(13)10(9)14/h1-2,6,12-14H,3-5H2. The molecule has 0 saturated carbocycles. The molecule has 4 heteroatoms. The van der Waals surface area contributed by atoms with Crippen LogP contribution in [0.1, 0.15) is 17.9 Å². The molecule has 1 saturated heterocycles. The molecule has 0 amide bonds. The van der Waals surface area contributed by atoms with Crippen molar-refractivity contribution in [2.45, 2.75) is 12.3 Å². The van der Waals surface area contributed by atoms with Crippen LogP contribution >= 0.6 is 0 Å². The van der Waals surface area contributed by atoms with Crippen LogP contribution < -0.4 is 5.32 Å². The smallest absolute Gasteiger partial charge is 0.194 e. The van der Waals surface area contributed by atoms with E-state index in [0.717, 1.165) is 19.5 Å². The van der Waals surface area contributed by atoms with Crippen molar-refractivity contribution in [2.24, 2.45) is 0 Å². The lowest BCUT2D eigenvalue weighted by Crippen LogP contribution is -2.08. The molecule has 3 nitrogen and oxygen atoms in total. The Labute approximate surface area is 81.2 Å². The lowest BCUT2D eigenvalue weighted by atomic mass is 9.97. The third-order valence-electron chi connectivity index (χ3n) is 2.62. The van der Waals surface area contributed by atoms with E-state index < -0.39 is 17.3 Å². The van der Waals surface area contributed by atoms with E-state index in [-0.39, 0.29) is 5.92 Å². The number of hydrogen-bond acceptors (Lipinski definition) is 3. The minimum Gasteiger partial charge on any atom is -0.504 e. The van der Waals surface area contributed by atoms with Gasteiger partial charge >= 0.3 is 0 Å². The van der Waals surface area contributed by atoms with E-state index in [2.05, 4.69) is 5.32 Å². The molecule has 3 N–H and O–H groups in total. The third kappa shape index (κ3) is 1.42. The molecule has 0 aromatic heterocycles. The molecule has 0 bridgehead atoms. The van der Waals surface area contributed by atoms with Gasteiger partial charge in [0, 0.05) is 12.5 Å². The van der Waals surface area contributed by atoms with Gasteiger partial charge in [0.15, 0.2) is 17.3 Å². The summed E-state index contributed by atoms with van der Waals surface area (Å²) >= 11 is 0. The molecule has 0 aliphatic carbocycles. The molecule has 14 heavy (non-hydrogen) atoms. The predicted molar refractivity (Wildman–Crippen MR) is 50.0 cm³/mol. The highest BCUT2D eigenvalue weighted by Crippen LogP contribution is 2.34. The Hall–Kier alpha value is -1.29. The van der Waals surface area contributed by atoms with Crippen molar-refractivity contribution in [2.75, 3.05) is 13.1 Å². The van der Waals surface area contributed by atoms with Gasteiger partial charge in [-0.15, -0.1) is 0 Å². The quantitative estimate of drug-likeness (QED) is 0.595. The summed E-state index contributed by atoms with van der Waals surface area (Å²) in [4.78, 5) is 0. The van der Waals surface area contributed by atoms with Gasteiger partial charge in [0.25, 0.3) is 0 Å². The van der Waals surface area contributed by atoms with Gasteiger partial charge in [0.2, 0.25) is 0 Å². The molecular weight excluding hydrogens is 185 g/mol. The molecule has 1 fully saturated rings. The summed E-state index contributed by atoms with van der Waals surface area (Å²) in [5, 5.41) is 21.4. The van der Waals surface area contributed by atoms with Crippen LogP contribution in [0, 0.1) is 5.82 Å². The summed E-state index contributed by atoms with van der Waals surface area (Å²) in [6.07, 6.45) is 0.862. The maximum absolute atomic E-state index is 13.5. The molecule has 0 radical (unpaired) electrons. The average molecular weight is 197 g/mol. The molecule has 1 atom stereocenters. The Morgan fingerprint density at radius 3 is 2.79 bits per heavy atom. The van der Waals surface area contributed by atoms with Gasteiger partial charge < -0.3 is 15.5 Å². The first-order valence-electron chi connectivity index (χ1n) is 4.61. The zero-order valence-corrected chi connectivity index (χ0v) is 7.63. The van der Waals surface area contributed by atoms with Crippen LogP contribution in [0.4, 0.5) is 4.39 Å². The van der Waals surface area contributed by atoms with Gasteiger partial charge in [-0.2, -0.15) is 0 Å². The lowest BCUT2D eigenvalue weighted by molar-refractivity contribution is 0.375. The average Bonchev–Trinajstić information content (AvgIpc) is 2.67. The Morgan fingerprint density at radius 2 is 2.14 bits per heavy atom. The zero-order chi connectivity index (χ0) is 10.1. The fourth-order valence-electron chi connectivity index (χ4n) is 1.81. The van der Waals surface area contributed by atoms with Crippen molar-refractivity contribution in [3.05, 3.63) is 23.5 Å². The Balaban J connectivity index is 2.38. The molecule has 76 valence electrons. The SMILES string of the molecule is Oc1ccc(C2CCNC2)c(F)c1O. The number of nitrogens with one attached hydrogen (secondary N) is 1. The Bertz CT molecular complexity index is 348. The Kier molecular flexibility index (Phi) is 2.29. The number of aromatic hydroxyl groups is 2. The van der Waals surface area contributed by atoms with Crippen LogP contribution in [-0.2, 0) is 0 Å². The largest absolute Gasteiger partial charge is 0.504 e. The maximum atomic E-state index is 13.5.